The number of nitrogens with one attached hydrogen (secondary N) is 1. The standard InChI is InChI=1S/C11H14N2O/c1-7(14)13-11-6-5-8-9(11)3-2-4-10(8)12/h2-4,11H,5-6,12H2,1H3,(H,13,14)/t11-/m1/s1. The molecule has 0 fully saturated rings. The highest BCUT2D eigenvalue weighted by atomic mass is 16.1. The number of nitrogens with two attached hydrogens (primary N) is 1. The fourth-order valence-electron chi connectivity index (χ4n) is 2.08. The first kappa shape index (κ1) is 9.06. The average Bonchev–Trinajstić information content (AvgIpc) is 2.49. The Morgan fingerprint density at radius 1 is 1.57 bits per heavy atom. The molecule has 0 radical (unpaired) electrons. The lowest BCUT2D eigenvalue weighted by atomic mass is 10.1. The number of carbonyl (C=O) groups is 1. The van der Waals surface area contributed by atoms with Crippen LogP contribution in [0, 0.1) is 0 Å². The Morgan fingerprint density at radius 3 is 3.07 bits per heavy atom. The molecule has 0 heterocycles. The first-order valence-electron chi connectivity index (χ1n) is 4.83. The van der Waals surface area contributed by atoms with Gasteiger partial charge in [0.1, 0.15) is 0 Å². The molecule has 0 aliphatic heterocycles. The van der Waals surface area contributed by atoms with Gasteiger partial charge in [-0.1, -0.05) is 12.1 Å². The van der Waals surface area contributed by atoms with Gasteiger partial charge in [-0.2, -0.15) is 0 Å². The lowest BCUT2D eigenvalue weighted by Gasteiger charge is -2.12. The SMILES string of the molecule is CC(=O)N[C@@H]1CCc2c(N)cccc21. The van der Waals surface area contributed by atoms with Crippen LogP contribution in [0.25, 0.3) is 0 Å². The minimum atomic E-state index is 0.0188. The molecular formula is C11H14N2O. The number of nitrogen functional groups attached to an aromatic ring is 1. The monoisotopic (exact) mass is 190 g/mol. The van der Waals surface area contributed by atoms with E-state index in [0.29, 0.717) is 0 Å². The maximum absolute atomic E-state index is 11.0. The van der Waals surface area contributed by atoms with Gasteiger partial charge < -0.3 is 11.1 Å². The third kappa shape index (κ3) is 1.45. The van der Waals surface area contributed by atoms with E-state index >= 15 is 0 Å². The summed E-state index contributed by atoms with van der Waals surface area (Å²) < 4.78 is 0. The van der Waals surface area contributed by atoms with Crippen LogP contribution in [0.1, 0.15) is 30.5 Å². The van der Waals surface area contributed by atoms with Crippen LogP contribution >= 0.6 is 0 Å². The summed E-state index contributed by atoms with van der Waals surface area (Å²) in [6.45, 7) is 1.55. The van der Waals surface area contributed by atoms with E-state index in [1.165, 1.54) is 11.1 Å². The van der Waals surface area contributed by atoms with Crippen LogP contribution in [0.2, 0.25) is 0 Å². The second-order valence-electron chi connectivity index (χ2n) is 3.71. The molecule has 3 heteroatoms. The smallest absolute Gasteiger partial charge is 0.217 e. The zero-order valence-electron chi connectivity index (χ0n) is 8.21. The number of benzene rings is 1. The molecule has 3 N–H and O–H groups in total. The summed E-state index contributed by atoms with van der Waals surface area (Å²) in [5.74, 6) is 0.0188. The van der Waals surface area contributed by atoms with Crippen molar-refractivity contribution < 1.29 is 4.79 Å². The van der Waals surface area contributed by atoms with Gasteiger partial charge in [-0.3, -0.25) is 4.79 Å². The number of hydrogen-bond acceptors (Lipinski definition) is 2. The third-order valence-electron chi connectivity index (χ3n) is 2.68. The zero-order valence-corrected chi connectivity index (χ0v) is 8.21. The van der Waals surface area contributed by atoms with Crippen molar-refractivity contribution in [3.63, 3.8) is 0 Å². The highest BCUT2D eigenvalue weighted by molar-refractivity contribution is 5.74. The molecule has 3 nitrogen and oxygen atoms in total. The molecule has 0 saturated heterocycles. The Bertz CT molecular complexity index is 374. The summed E-state index contributed by atoms with van der Waals surface area (Å²) in [7, 11) is 0. The van der Waals surface area contributed by atoms with Crippen molar-refractivity contribution in [3.05, 3.63) is 29.3 Å². The predicted octanol–water partition coefficient (Wildman–Crippen LogP) is 1.39. The van der Waals surface area contributed by atoms with E-state index in [2.05, 4.69) is 5.32 Å². The molecule has 2 rings (SSSR count). The van der Waals surface area contributed by atoms with Gasteiger partial charge in [0.25, 0.3) is 0 Å². The van der Waals surface area contributed by atoms with Crippen LogP contribution in [0.5, 0.6) is 0 Å². The summed E-state index contributed by atoms with van der Waals surface area (Å²) in [5, 5.41) is 2.93. The molecule has 0 saturated carbocycles. The first-order valence-corrected chi connectivity index (χ1v) is 4.83. The van der Waals surface area contributed by atoms with Gasteiger partial charge in [0.15, 0.2) is 0 Å². The maximum Gasteiger partial charge on any atom is 0.217 e. The van der Waals surface area contributed by atoms with Crippen LogP contribution < -0.4 is 11.1 Å². The molecule has 1 aromatic carbocycles. The molecular weight excluding hydrogens is 176 g/mol. The molecule has 1 amide bonds. The van der Waals surface area contributed by atoms with Crippen molar-refractivity contribution in [1.29, 1.82) is 0 Å². The minimum Gasteiger partial charge on any atom is -0.398 e. The lowest BCUT2D eigenvalue weighted by molar-refractivity contribution is -0.119. The number of anilines is 1. The van der Waals surface area contributed by atoms with Crippen molar-refractivity contribution in [2.45, 2.75) is 25.8 Å². The topological polar surface area (TPSA) is 55.1 Å². The van der Waals surface area contributed by atoms with Crippen LogP contribution in [-0.4, -0.2) is 5.91 Å². The van der Waals surface area contributed by atoms with Crippen molar-refractivity contribution >= 4 is 11.6 Å². The van der Waals surface area contributed by atoms with Gasteiger partial charge in [0, 0.05) is 12.6 Å². The lowest BCUT2D eigenvalue weighted by Crippen LogP contribution is -2.24. The van der Waals surface area contributed by atoms with Gasteiger partial charge in [0.05, 0.1) is 6.04 Å². The predicted molar refractivity (Wildman–Crippen MR) is 55.7 cm³/mol. The number of hydrogen-bond donors (Lipinski definition) is 2. The summed E-state index contributed by atoms with van der Waals surface area (Å²) in [5.41, 5.74) is 9.08. The highest BCUT2D eigenvalue weighted by Crippen LogP contribution is 2.34. The maximum atomic E-state index is 11.0. The number of rotatable bonds is 1. The van der Waals surface area contributed by atoms with E-state index in [-0.39, 0.29) is 11.9 Å². The van der Waals surface area contributed by atoms with Gasteiger partial charge >= 0.3 is 0 Å². The van der Waals surface area contributed by atoms with Crippen LogP contribution in [0.4, 0.5) is 5.69 Å². The Labute approximate surface area is 83.3 Å². The largest absolute Gasteiger partial charge is 0.398 e. The van der Waals surface area contributed by atoms with Crippen LogP contribution in [0.15, 0.2) is 18.2 Å². The van der Waals surface area contributed by atoms with Crippen molar-refractivity contribution in [3.8, 4) is 0 Å². The molecule has 1 aliphatic carbocycles. The normalized spacial score (nSPS) is 19.1. The fraction of sp³-hybridized carbons (Fsp3) is 0.364. The van der Waals surface area contributed by atoms with E-state index in [1.54, 1.807) is 6.92 Å². The molecule has 74 valence electrons. The molecule has 0 bridgehead atoms. The first-order chi connectivity index (χ1) is 6.68. The third-order valence-corrected chi connectivity index (χ3v) is 2.68. The van der Waals surface area contributed by atoms with Gasteiger partial charge in [-0.15, -0.1) is 0 Å². The summed E-state index contributed by atoms with van der Waals surface area (Å²) >= 11 is 0. The summed E-state index contributed by atoms with van der Waals surface area (Å²) in [4.78, 5) is 11.0. The molecule has 14 heavy (non-hydrogen) atoms. The van der Waals surface area contributed by atoms with Gasteiger partial charge in [-0.25, -0.2) is 0 Å². The Balaban J connectivity index is 2.30. The van der Waals surface area contributed by atoms with E-state index < -0.39 is 0 Å². The highest BCUT2D eigenvalue weighted by Gasteiger charge is 2.23. The zero-order chi connectivity index (χ0) is 10.1. The molecule has 0 spiro atoms. The van der Waals surface area contributed by atoms with E-state index in [1.807, 2.05) is 18.2 Å². The second kappa shape index (κ2) is 3.33. The van der Waals surface area contributed by atoms with Crippen molar-refractivity contribution in [2.75, 3.05) is 5.73 Å². The summed E-state index contributed by atoms with van der Waals surface area (Å²) in [6, 6.07) is 6.05. The molecule has 1 aliphatic rings. The Kier molecular flexibility index (Phi) is 2.15. The fourth-order valence-corrected chi connectivity index (χ4v) is 2.08. The van der Waals surface area contributed by atoms with E-state index in [9.17, 15) is 4.79 Å². The van der Waals surface area contributed by atoms with Gasteiger partial charge in [0.2, 0.25) is 5.91 Å². The molecule has 0 aromatic heterocycles. The van der Waals surface area contributed by atoms with Crippen LogP contribution in [-0.2, 0) is 11.2 Å². The van der Waals surface area contributed by atoms with Crippen molar-refractivity contribution in [1.82, 2.24) is 5.32 Å². The number of carbonyl (C=O) groups excluding carboxylic acids is 1. The van der Waals surface area contributed by atoms with Gasteiger partial charge in [-0.05, 0) is 30.0 Å². The molecule has 1 aromatic rings. The van der Waals surface area contributed by atoms with E-state index in [0.717, 1.165) is 18.5 Å². The average molecular weight is 190 g/mol. The number of amides is 1. The van der Waals surface area contributed by atoms with Crippen molar-refractivity contribution in [2.24, 2.45) is 0 Å². The Hall–Kier alpha value is -1.51. The molecule has 0 unspecified atom stereocenters. The van der Waals surface area contributed by atoms with Crippen LogP contribution in [0.3, 0.4) is 0 Å². The molecule has 1 atom stereocenters. The minimum absolute atomic E-state index is 0.0188. The van der Waals surface area contributed by atoms with E-state index in [4.69, 9.17) is 5.73 Å². The quantitative estimate of drug-likeness (QED) is 0.657. The number of fused-ring (bicyclic) bond motifs is 1. The second-order valence-corrected chi connectivity index (χ2v) is 3.71. The Morgan fingerprint density at radius 2 is 2.36 bits per heavy atom. The summed E-state index contributed by atoms with van der Waals surface area (Å²) in [6.07, 6.45) is 1.93.